The average Bonchev–Trinajstić information content (AvgIpc) is 2.99. The van der Waals surface area contributed by atoms with Crippen molar-refractivity contribution in [1.29, 1.82) is 0 Å². The zero-order valence-electron chi connectivity index (χ0n) is 11.9. The number of aromatic nitrogens is 4. The Bertz CT molecular complexity index is 478. The largest absolute Gasteiger partial charge is 0.481 e. The van der Waals surface area contributed by atoms with Gasteiger partial charge in [0.25, 0.3) is 0 Å². The van der Waals surface area contributed by atoms with Gasteiger partial charge in [0.05, 0.1) is 0 Å². The lowest BCUT2D eigenvalue weighted by Gasteiger charge is -2.31. The van der Waals surface area contributed by atoms with Crippen molar-refractivity contribution in [2.75, 3.05) is 13.1 Å². The predicted molar refractivity (Wildman–Crippen MR) is 70.5 cm³/mol. The van der Waals surface area contributed by atoms with Gasteiger partial charge in [-0.2, -0.15) is 5.21 Å². The van der Waals surface area contributed by atoms with Gasteiger partial charge in [-0.05, 0) is 26.2 Å². The Morgan fingerprint density at radius 2 is 2.38 bits per heavy atom. The Balaban J connectivity index is 1.83. The van der Waals surface area contributed by atoms with Crippen molar-refractivity contribution in [3.8, 4) is 0 Å². The minimum atomic E-state index is -0.895. The lowest BCUT2D eigenvalue weighted by Crippen LogP contribution is -2.40. The molecule has 1 aromatic rings. The maximum Gasteiger partial charge on any atom is 0.410 e. The highest BCUT2D eigenvalue weighted by Gasteiger charge is 2.28. The third-order valence-electron chi connectivity index (χ3n) is 3.47. The van der Waals surface area contributed by atoms with Gasteiger partial charge < -0.3 is 14.7 Å². The molecule has 116 valence electrons. The lowest BCUT2D eigenvalue weighted by atomic mass is 9.98. The number of hydrogen-bond acceptors (Lipinski definition) is 6. The summed E-state index contributed by atoms with van der Waals surface area (Å²) in [7, 11) is 0. The van der Waals surface area contributed by atoms with Crippen LogP contribution in [0, 0.1) is 0 Å². The molecule has 2 rings (SSSR count). The van der Waals surface area contributed by atoms with Crippen molar-refractivity contribution in [2.24, 2.45) is 0 Å². The summed E-state index contributed by atoms with van der Waals surface area (Å²) in [6.07, 6.45) is 1.21. The summed E-state index contributed by atoms with van der Waals surface area (Å²) >= 11 is 0. The van der Waals surface area contributed by atoms with E-state index < -0.39 is 18.2 Å². The molecule has 2 heterocycles. The quantitative estimate of drug-likeness (QED) is 0.823. The topological polar surface area (TPSA) is 121 Å². The number of amides is 1. The number of piperidine rings is 1. The molecular weight excluding hydrogens is 278 g/mol. The fourth-order valence-electron chi connectivity index (χ4n) is 2.33. The van der Waals surface area contributed by atoms with E-state index in [0.29, 0.717) is 25.3 Å². The van der Waals surface area contributed by atoms with Crippen LogP contribution in [0.5, 0.6) is 0 Å². The summed E-state index contributed by atoms with van der Waals surface area (Å²) in [5.74, 6) is -0.237. The molecule has 9 heteroatoms. The van der Waals surface area contributed by atoms with E-state index in [9.17, 15) is 9.59 Å². The first-order valence-electron chi connectivity index (χ1n) is 6.97. The molecular formula is C12H19N5O4. The lowest BCUT2D eigenvalue weighted by molar-refractivity contribution is -0.137. The van der Waals surface area contributed by atoms with Gasteiger partial charge in [-0.15, -0.1) is 10.2 Å². The Kier molecular flexibility index (Phi) is 5.07. The van der Waals surface area contributed by atoms with Crippen LogP contribution in [-0.2, 0) is 9.53 Å². The minimum absolute atomic E-state index is 0.0140. The second-order valence-corrected chi connectivity index (χ2v) is 5.18. The number of rotatable bonds is 5. The first kappa shape index (κ1) is 15.2. The fourth-order valence-corrected chi connectivity index (χ4v) is 2.33. The van der Waals surface area contributed by atoms with Crippen LogP contribution in [0.1, 0.15) is 44.3 Å². The van der Waals surface area contributed by atoms with Crippen LogP contribution >= 0.6 is 0 Å². The van der Waals surface area contributed by atoms with Crippen molar-refractivity contribution in [1.82, 2.24) is 25.5 Å². The highest BCUT2D eigenvalue weighted by atomic mass is 16.6. The number of carboxylic acid groups (broad SMARTS) is 1. The number of carbonyl (C=O) groups is 2. The zero-order chi connectivity index (χ0) is 15.2. The molecule has 9 nitrogen and oxygen atoms in total. The van der Waals surface area contributed by atoms with Gasteiger partial charge in [-0.1, -0.05) is 5.21 Å². The summed E-state index contributed by atoms with van der Waals surface area (Å²) in [5, 5.41) is 22.5. The Morgan fingerprint density at radius 3 is 3.05 bits per heavy atom. The number of aromatic amines is 1. The minimum Gasteiger partial charge on any atom is -0.481 e. The van der Waals surface area contributed by atoms with E-state index in [2.05, 4.69) is 20.6 Å². The third-order valence-corrected chi connectivity index (χ3v) is 3.47. The molecule has 0 spiro atoms. The van der Waals surface area contributed by atoms with Gasteiger partial charge >= 0.3 is 12.1 Å². The number of likely N-dealkylation sites (tertiary alicyclic amines) is 1. The van der Waals surface area contributed by atoms with E-state index in [1.54, 1.807) is 11.8 Å². The van der Waals surface area contributed by atoms with E-state index in [-0.39, 0.29) is 12.3 Å². The number of H-pyrrole nitrogens is 1. The molecule has 2 atom stereocenters. The van der Waals surface area contributed by atoms with Gasteiger partial charge in [0.15, 0.2) is 5.82 Å². The number of carboxylic acids is 1. The smallest absolute Gasteiger partial charge is 0.410 e. The zero-order valence-corrected chi connectivity index (χ0v) is 11.9. The van der Waals surface area contributed by atoms with Crippen molar-refractivity contribution >= 4 is 12.1 Å². The van der Waals surface area contributed by atoms with E-state index in [1.165, 1.54) is 0 Å². The molecule has 1 aliphatic heterocycles. The molecule has 1 fully saturated rings. The first-order valence-corrected chi connectivity index (χ1v) is 6.97. The Morgan fingerprint density at radius 1 is 1.57 bits per heavy atom. The number of tetrazole rings is 1. The van der Waals surface area contributed by atoms with Crippen molar-refractivity contribution in [2.45, 2.75) is 44.6 Å². The number of nitrogens with one attached hydrogen (secondary N) is 1. The molecule has 21 heavy (non-hydrogen) atoms. The van der Waals surface area contributed by atoms with Gasteiger partial charge in [-0.25, -0.2) is 4.79 Å². The van der Waals surface area contributed by atoms with Gasteiger partial charge in [0.2, 0.25) is 0 Å². The molecule has 1 amide bonds. The molecule has 0 aromatic carbocycles. The second kappa shape index (κ2) is 7.00. The van der Waals surface area contributed by atoms with Crippen molar-refractivity contribution in [3.05, 3.63) is 5.82 Å². The monoisotopic (exact) mass is 297 g/mol. The molecule has 0 aliphatic carbocycles. The summed E-state index contributed by atoms with van der Waals surface area (Å²) < 4.78 is 5.27. The standard InChI is InChI=1S/C12H19N5O4/c1-8(4-5-10(18)19)21-12(20)17-6-2-3-9(7-17)11-13-15-16-14-11/h8-9H,2-7H2,1H3,(H,18,19)(H,13,14,15,16). The molecule has 2 unspecified atom stereocenters. The van der Waals surface area contributed by atoms with Crippen LogP contribution in [0.15, 0.2) is 0 Å². The highest BCUT2D eigenvalue weighted by molar-refractivity contribution is 5.68. The summed E-state index contributed by atoms with van der Waals surface area (Å²) in [5.41, 5.74) is 0. The second-order valence-electron chi connectivity index (χ2n) is 5.18. The number of carbonyl (C=O) groups excluding carboxylic acids is 1. The van der Waals surface area contributed by atoms with Crippen LogP contribution in [-0.4, -0.2) is 61.9 Å². The molecule has 0 radical (unpaired) electrons. The van der Waals surface area contributed by atoms with Crippen molar-refractivity contribution in [3.63, 3.8) is 0 Å². The molecule has 2 N–H and O–H groups in total. The van der Waals surface area contributed by atoms with E-state index in [1.807, 2.05) is 0 Å². The number of nitrogens with zero attached hydrogens (tertiary/aromatic N) is 4. The highest BCUT2D eigenvalue weighted by Crippen LogP contribution is 2.24. The first-order chi connectivity index (χ1) is 10.1. The molecule has 1 saturated heterocycles. The predicted octanol–water partition coefficient (Wildman–Crippen LogP) is 0.769. The third kappa shape index (κ3) is 4.40. The van der Waals surface area contributed by atoms with Crippen LogP contribution in [0.2, 0.25) is 0 Å². The maximum atomic E-state index is 12.1. The molecule has 0 bridgehead atoms. The summed E-state index contributed by atoms with van der Waals surface area (Å²) in [6, 6.07) is 0. The van der Waals surface area contributed by atoms with Gasteiger partial charge in [0.1, 0.15) is 6.10 Å². The Hall–Kier alpha value is -2.19. The summed E-state index contributed by atoms with van der Waals surface area (Å²) in [6.45, 7) is 2.81. The number of ether oxygens (including phenoxy) is 1. The normalized spacial score (nSPS) is 20.0. The number of hydrogen-bond donors (Lipinski definition) is 2. The number of aliphatic carboxylic acids is 1. The maximum absolute atomic E-state index is 12.1. The average molecular weight is 297 g/mol. The SMILES string of the molecule is CC(CCC(=O)O)OC(=O)N1CCCC(c2nn[nH]n2)C1. The van der Waals surface area contributed by atoms with Crippen LogP contribution in [0.25, 0.3) is 0 Å². The van der Waals surface area contributed by atoms with Gasteiger partial charge in [-0.3, -0.25) is 4.79 Å². The van der Waals surface area contributed by atoms with Gasteiger partial charge in [0, 0.05) is 25.4 Å². The molecule has 0 saturated carbocycles. The fraction of sp³-hybridized carbons (Fsp3) is 0.750. The molecule has 1 aromatic heterocycles. The van der Waals surface area contributed by atoms with E-state index in [4.69, 9.17) is 9.84 Å². The van der Waals surface area contributed by atoms with Crippen LogP contribution in [0.3, 0.4) is 0 Å². The Labute approximate surface area is 121 Å². The van der Waals surface area contributed by atoms with E-state index in [0.717, 1.165) is 12.8 Å². The van der Waals surface area contributed by atoms with Crippen LogP contribution in [0.4, 0.5) is 4.79 Å². The van der Waals surface area contributed by atoms with Crippen molar-refractivity contribution < 1.29 is 19.4 Å². The van der Waals surface area contributed by atoms with E-state index >= 15 is 0 Å². The van der Waals surface area contributed by atoms with Crippen LogP contribution < -0.4 is 0 Å². The molecule has 1 aliphatic rings. The summed E-state index contributed by atoms with van der Waals surface area (Å²) in [4.78, 5) is 24.2.